The molecule has 0 saturated carbocycles. The third kappa shape index (κ3) is 3.49. The second-order valence-electron chi connectivity index (χ2n) is 5.93. The van der Waals surface area contributed by atoms with Crippen molar-refractivity contribution >= 4 is 17.5 Å². The van der Waals surface area contributed by atoms with E-state index < -0.39 is 11.7 Å². The molecule has 0 bridgehead atoms. The van der Waals surface area contributed by atoms with E-state index >= 15 is 0 Å². The fraction of sp³-hybridized carbons (Fsp3) is 0.333. The smallest absolute Gasteiger partial charge is 0.412 e. The number of nitrogens with zero attached hydrogens (tertiary/aromatic N) is 2. The summed E-state index contributed by atoms with van der Waals surface area (Å²) in [5.41, 5.74) is 7.26. The van der Waals surface area contributed by atoms with Gasteiger partial charge in [0.1, 0.15) is 11.4 Å². The molecule has 0 fully saturated rings. The lowest BCUT2D eigenvalue weighted by Gasteiger charge is -2.20. The number of hydrogen-bond acceptors (Lipinski definition) is 5. The molecular formula is C15H20N4O3. The number of hydrogen-bond donors (Lipinski definition) is 3. The molecule has 1 aromatic carbocycles. The Kier molecular flexibility index (Phi) is 3.99. The second kappa shape index (κ2) is 5.59. The Morgan fingerprint density at radius 2 is 2.09 bits per heavy atom. The first-order valence-electron chi connectivity index (χ1n) is 6.78. The summed E-state index contributed by atoms with van der Waals surface area (Å²) in [4.78, 5) is 11.8. The Labute approximate surface area is 128 Å². The predicted molar refractivity (Wildman–Crippen MR) is 84.6 cm³/mol. The van der Waals surface area contributed by atoms with Crippen LogP contribution in [-0.2, 0) is 11.8 Å². The van der Waals surface area contributed by atoms with Crippen LogP contribution in [0.5, 0.6) is 5.75 Å². The van der Waals surface area contributed by atoms with Crippen molar-refractivity contribution in [2.75, 3.05) is 11.1 Å². The minimum absolute atomic E-state index is 0.0463. The molecule has 118 valence electrons. The summed E-state index contributed by atoms with van der Waals surface area (Å²) < 4.78 is 6.75. The first kappa shape index (κ1) is 15.7. The number of aryl methyl sites for hydroxylation is 1. The summed E-state index contributed by atoms with van der Waals surface area (Å²) in [5.74, 6) is 0.0463. The van der Waals surface area contributed by atoms with E-state index in [1.165, 1.54) is 12.3 Å². The van der Waals surface area contributed by atoms with Crippen molar-refractivity contribution in [3.63, 3.8) is 0 Å². The van der Waals surface area contributed by atoms with E-state index in [1.807, 2.05) is 0 Å². The highest BCUT2D eigenvalue weighted by atomic mass is 16.6. The van der Waals surface area contributed by atoms with Crippen molar-refractivity contribution in [1.29, 1.82) is 0 Å². The van der Waals surface area contributed by atoms with Crippen molar-refractivity contribution in [1.82, 2.24) is 9.78 Å². The Morgan fingerprint density at radius 1 is 1.41 bits per heavy atom. The highest BCUT2D eigenvalue weighted by Gasteiger charge is 2.18. The van der Waals surface area contributed by atoms with Crippen LogP contribution in [0.25, 0.3) is 11.3 Å². The third-order valence-corrected chi connectivity index (χ3v) is 2.86. The molecular weight excluding hydrogens is 284 g/mol. The van der Waals surface area contributed by atoms with E-state index in [0.717, 1.165) is 0 Å². The maximum absolute atomic E-state index is 11.8. The van der Waals surface area contributed by atoms with Gasteiger partial charge in [-0.2, -0.15) is 5.10 Å². The molecule has 0 unspecified atom stereocenters. The normalized spacial score (nSPS) is 11.3. The molecule has 1 heterocycles. The number of phenols is 1. The number of anilines is 2. The number of carbonyl (C=O) groups excluding carboxylic acids is 1. The van der Waals surface area contributed by atoms with Crippen molar-refractivity contribution < 1.29 is 14.6 Å². The minimum atomic E-state index is -0.587. The number of phenolic OH excluding ortho intramolecular Hbond substituents is 1. The number of aromatic nitrogens is 2. The second-order valence-corrected chi connectivity index (χ2v) is 5.93. The molecule has 7 nitrogen and oxygen atoms in total. The van der Waals surface area contributed by atoms with Gasteiger partial charge in [-0.05, 0) is 39.0 Å². The van der Waals surface area contributed by atoms with Gasteiger partial charge in [0.2, 0.25) is 0 Å². The summed E-state index contributed by atoms with van der Waals surface area (Å²) in [5, 5.41) is 16.7. The van der Waals surface area contributed by atoms with E-state index in [-0.39, 0.29) is 5.75 Å². The van der Waals surface area contributed by atoms with Crippen LogP contribution >= 0.6 is 0 Å². The van der Waals surface area contributed by atoms with Gasteiger partial charge in [0.15, 0.2) is 0 Å². The first-order chi connectivity index (χ1) is 10.2. The summed E-state index contributed by atoms with van der Waals surface area (Å²) in [6.07, 6.45) is 0.935. The predicted octanol–water partition coefficient (Wildman–Crippen LogP) is 2.72. The average molecular weight is 304 g/mol. The van der Waals surface area contributed by atoms with Gasteiger partial charge in [0, 0.05) is 18.3 Å². The number of nitrogen functional groups attached to an aromatic ring is 1. The number of carbonyl (C=O) groups is 1. The molecule has 0 aliphatic carbocycles. The van der Waals surface area contributed by atoms with Gasteiger partial charge in [-0.1, -0.05) is 0 Å². The van der Waals surface area contributed by atoms with Crippen LogP contribution in [0.15, 0.2) is 24.4 Å². The van der Waals surface area contributed by atoms with E-state index in [0.29, 0.717) is 22.6 Å². The summed E-state index contributed by atoms with van der Waals surface area (Å²) in [6.45, 7) is 5.35. The van der Waals surface area contributed by atoms with E-state index in [1.54, 1.807) is 44.6 Å². The van der Waals surface area contributed by atoms with Crippen LogP contribution < -0.4 is 11.1 Å². The lowest BCUT2D eigenvalue weighted by molar-refractivity contribution is 0.0636. The third-order valence-electron chi connectivity index (χ3n) is 2.86. The quantitative estimate of drug-likeness (QED) is 0.740. The SMILES string of the molecule is Cn1ncc(N)c1-c1cc(NC(=O)OC(C)(C)C)ccc1O. The Balaban J connectivity index is 2.30. The van der Waals surface area contributed by atoms with Gasteiger partial charge in [-0.15, -0.1) is 0 Å². The summed E-state index contributed by atoms with van der Waals surface area (Å²) in [6, 6.07) is 4.68. The molecule has 0 saturated heterocycles. The Morgan fingerprint density at radius 3 is 2.64 bits per heavy atom. The number of ether oxygens (including phenoxy) is 1. The largest absolute Gasteiger partial charge is 0.507 e. The van der Waals surface area contributed by atoms with Crippen molar-refractivity contribution in [2.45, 2.75) is 26.4 Å². The number of nitrogens with two attached hydrogens (primary N) is 1. The standard InChI is InChI=1S/C15H20N4O3/c1-15(2,3)22-14(21)18-9-5-6-12(20)10(7-9)13-11(16)8-17-19(13)4/h5-8,20H,16H2,1-4H3,(H,18,21). The molecule has 1 amide bonds. The zero-order valence-electron chi connectivity index (χ0n) is 13.0. The van der Waals surface area contributed by atoms with E-state index in [2.05, 4.69) is 10.4 Å². The van der Waals surface area contributed by atoms with Gasteiger partial charge < -0.3 is 15.6 Å². The van der Waals surface area contributed by atoms with Crippen LogP contribution in [0, 0.1) is 0 Å². The molecule has 2 rings (SSSR count). The van der Waals surface area contributed by atoms with Gasteiger partial charge in [0.05, 0.1) is 17.6 Å². The van der Waals surface area contributed by atoms with Crippen LogP contribution in [0.3, 0.4) is 0 Å². The molecule has 1 aromatic heterocycles. The maximum atomic E-state index is 11.8. The Bertz CT molecular complexity index is 682. The van der Waals surface area contributed by atoms with Gasteiger partial charge in [-0.3, -0.25) is 10.00 Å². The number of benzene rings is 1. The fourth-order valence-corrected chi connectivity index (χ4v) is 2.01. The lowest BCUT2D eigenvalue weighted by atomic mass is 10.1. The Hall–Kier alpha value is -2.70. The fourth-order valence-electron chi connectivity index (χ4n) is 2.01. The molecule has 0 aliphatic heterocycles. The van der Waals surface area contributed by atoms with Crippen LogP contribution in [0.2, 0.25) is 0 Å². The lowest BCUT2D eigenvalue weighted by Crippen LogP contribution is -2.27. The molecule has 7 heteroatoms. The first-order valence-corrected chi connectivity index (χ1v) is 6.78. The average Bonchev–Trinajstić information content (AvgIpc) is 2.69. The number of rotatable bonds is 2. The van der Waals surface area contributed by atoms with Crippen LogP contribution in [0.4, 0.5) is 16.2 Å². The van der Waals surface area contributed by atoms with Crippen LogP contribution in [0.1, 0.15) is 20.8 Å². The van der Waals surface area contributed by atoms with Gasteiger partial charge in [-0.25, -0.2) is 4.79 Å². The van der Waals surface area contributed by atoms with Crippen molar-refractivity contribution in [2.24, 2.45) is 7.05 Å². The molecule has 2 aromatic rings. The van der Waals surface area contributed by atoms with Crippen molar-refractivity contribution in [3.05, 3.63) is 24.4 Å². The van der Waals surface area contributed by atoms with Crippen LogP contribution in [-0.4, -0.2) is 26.6 Å². The van der Waals surface area contributed by atoms with Gasteiger partial charge >= 0.3 is 6.09 Å². The maximum Gasteiger partial charge on any atom is 0.412 e. The molecule has 4 N–H and O–H groups in total. The minimum Gasteiger partial charge on any atom is -0.507 e. The van der Waals surface area contributed by atoms with Gasteiger partial charge in [0.25, 0.3) is 0 Å². The van der Waals surface area contributed by atoms with E-state index in [9.17, 15) is 9.90 Å². The molecule has 0 aliphatic rings. The number of amides is 1. The summed E-state index contributed by atoms with van der Waals surface area (Å²) >= 11 is 0. The van der Waals surface area contributed by atoms with E-state index in [4.69, 9.17) is 10.5 Å². The zero-order chi connectivity index (χ0) is 16.5. The molecule has 0 spiro atoms. The molecule has 0 radical (unpaired) electrons. The highest BCUT2D eigenvalue weighted by molar-refractivity contribution is 5.88. The summed E-state index contributed by atoms with van der Waals surface area (Å²) in [7, 11) is 1.72. The number of nitrogens with one attached hydrogen (secondary N) is 1. The zero-order valence-corrected chi connectivity index (χ0v) is 13.0. The topological polar surface area (TPSA) is 102 Å². The monoisotopic (exact) mass is 304 g/mol. The highest BCUT2D eigenvalue weighted by Crippen LogP contribution is 2.34. The number of aromatic hydroxyl groups is 1. The molecule has 22 heavy (non-hydrogen) atoms. The molecule has 0 atom stereocenters. The van der Waals surface area contributed by atoms with Crippen molar-refractivity contribution in [3.8, 4) is 17.0 Å².